The van der Waals surface area contributed by atoms with Crippen LogP contribution in [0, 0.1) is 0 Å². The predicted octanol–water partition coefficient (Wildman–Crippen LogP) is 3.64. The van der Waals surface area contributed by atoms with Gasteiger partial charge in [0.2, 0.25) is 5.13 Å². The molecule has 0 fully saturated rings. The monoisotopic (exact) mass is 383 g/mol. The molecule has 0 unspecified atom stereocenters. The van der Waals surface area contributed by atoms with Crippen LogP contribution in [0.2, 0.25) is 0 Å². The minimum Gasteiger partial charge on any atom is -0.497 e. The third-order valence-electron chi connectivity index (χ3n) is 3.65. The first-order valence-electron chi connectivity index (χ1n) is 8.17. The Kier molecular flexibility index (Phi) is 5.77. The van der Waals surface area contributed by atoms with Crippen molar-refractivity contribution in [1.82, 2.24) is 10.2 Å². The van der Waals surface area contributed by atoms with Gasteiger partial charge in [-0.25, -0.2) is 4.79 Å². The van der Waals surface area contributed by atoms with E-state index in [-0.39, 0.29) is 17.7 Å². The zero-order valence-corrected chi connectivity index (χ0v) is 15.6. The third-order valence-corrected chi connectivity index (χ3v) is 4.54. The van der Waals surface area contributed by atoms with Gasteiger partial charge in [0, 0.05) is 5.56 Å². The maximum atomic E-state index is 12.6. The van der Waals surface area contributed by atoms with Gasteiger partial charge in [-0.1, -0.05) is 23.5 Å². The van der Waals surface area contributed by atoms with E-state index in [0.717, 1.165) is 11.3 Å². The van der Waals surface area contributed by atoms with E-state index in [0.29, 0.717) is 10.1 Å². The van der Waals surface area contributed by atoms with Gasteiger partial charge in [-0.3, -0.25) is 10.1 Å². The lowest BCUT2D eigenvalue weighted by Gasteiger charge is -2.07. The highest BCUT2D eigenvalue weighted by Gasteiger charge is 2.19. The van der Waals surface area contributed by atoms with E-state index < -0.39 is 11.9 Å². The maximum Gasteiger partial charge on any atom is 0.338 e. The molecule has 2 aromatic carbocycles. The third kappa shape index (κ3) is 4.29. The van der Waals surface area contributed by atoms with Crippen LogP contribution in [-0.4, -0.2) is 35.8 Å². The number of carbonyl (C=O) groups is 2. The van der Waals surface area contributed by atoms with Crippen molar-refractivity contribution in [1.29, 1.82) is 0 Å². The van der Waals surface area contributed by atoms with Crippen LogP contribution >= 0.6 is 11.3 Å². The topological polar surface area (TPSA) is 90.4 Å². The number of nitrogens with zero attached hydrogens (tertiary/aromatic N) is 2. The minimum atomic E-state index is -0.542. The second kappa shape index (κ2) is 8.41. The highest BCUT2D eigenvalue weighted by Crippen LogP contribution is 2.28. The van der Waals surface area contributed by atoms with Gasteiger partial charge in [0.1, 0.15) is 10.8 Å². The van der Waals surface area contributed by atoms with Gasteiger partial charge < -0.3 is 9.47 Å². The smallest absolute Gasteiger partial charge is 0.338 e. The van der Waals surface area contributed by atoms with E-state index in [1.54, 1.807) is 38.3 Å². The zero-order chi connectivity index (χ0) is 19.2. The molecule has 0 saturated carbocycles. The van der Waals surface area contributed by atoms with Gasteiger partial charge in [-0.15, -0.1) is 10.2 Å². The van der Waals surface area contributed by atoms with Crippen LogP contribution in [0.25, 0.3) is 10.6 Å². The molecule has 0 spiro atoms. The van der Waals surface area contributed by atoms with Crippen molar-refractivity contribution < 1.29 is 19.1 Å². The van der Waals surface area contributed by atoms with Crippen LogP contribution in [0.5, 0.6) is 5.75 Å². The molecular weight excluding hydrogens is 366 g/mol. The lowest BCUT2D eigenvalue weighted by molar-refractivity contribution is 0.0523. The van der Waals surface area contributed by atoms with Crippen LogP contribution in [0.1, 0.15) is 27.6 Å². The number of hydrogen-bond acceptors (Lipinski definition) is 7. The Balaban J connectivity index is 1.77. The van der Waals surface area contributed by atoms with Crippen molar-refractivity contribution in [2.24, 2.45) is 0 Å². The molecule has 0 atom stereocenters. The standard InChI is InChI=1S/C19H17N3O4S/c1-3-26-18(24)15-7-5-4-6-14(15)16(23)20-19-22-21-17(27-19)12-8-10-13(25-2)11-9-12/h4-11H,3H2,1-2H3,(H,20,22,23). The van der Waals surface area contributed by atoms with E-state index >= 15 is 0 Å². The molecular formula is C19H17N3O4S. The fraction of sp³-hybridized carbons (Fsp3) is 0.158. The Morgan fingerprint density at radius 1 is 1.04 bits per heavy atom. The van der Waals surface area contributed by atoms with Crippen molar-refractivity contribution in [3.63, 3.8) is 0 Å². The Labute approximate surface area is 160 Å². The lowest BCUT2D eigenvalue weighted by atomic mass is 10.1. The molecule has 7 nitrogen and oxygen atoms in total. The van der Waals surface area contributed by atoms with Crippen LogP contribution in [0.15, 0.2) is 48.5 Å². The second-order valence-corrected chi connectivity index (χ2v) is 6.34. The molecule has 1 N–H and O–H groups in total. The van der Waals surface area contributed by atoms with Crippen molar-refractivity contribution in [2.75, 3.05) is 19.0 Å². The average molecular weight is 383 g/mol. The molecule has 0 bridgehead atoms. The molecule has 0 aliphatic heterocycles. The zero-order valence-electron chi connectivity index (χ0n) is 14.8. The minimum absolute atomic E-state index is 0.205. The van der Waals surface area contributed by atoms with Crippen LogP contribution < -0.4 is 10.1 Å². The van der Waals surface area contributed by atoms with Gasteiger partial charge in [-0.2, -0.15) is 0 Å². The van der Waals surface area contributed by atoms with Gasteiger partial charge in [0.05, 0.1) is 24.8 Å². The molecule has 3 rings (SSSR count). The largest absolute Gasteiger partial charge is 0.497 e. The average Bonchev–Trinajstić information content (AvgIpc) is 3.16. The SMILES string of the molecule is CCOC(=O)c1ccccc1C(=O)Nc1nnc(-c2ccc(OC)cc2)s1. The molecule has 27 heavy (non-hydrogen) atoms. The number of nitrogens with one attached hydrogen (secondary N) is 1. The van der Waals surface area contributed by atoms with Crippen molar-refractivity contribution in [3.8, 4) is 16.3 Å². The van der Waals surface area contributed by atoms with Crippen LogP contribution in [0.3, 0.4) is 0 Å². The summed E-state index contributed by atoms with van der Waals surface area (Å²) in [6.45, 7) is 1.94. The number of aromatic nitrogens is 2. The quantitative estimate of drug-likeness (QED) is 0.654. The fourth-order valence-electron chi connectivity index (χ4n) is 2.36. The summed E-state index contributed by atoms with van der Waals surface area (Å²) < 4.78 is 10.1. The summed E-state index contributed by atoms with van der Waals surface area (Å²) >= 11 is 1.24. The normalized spacial score (nSPS) is 10.3. The summed E-state index contributed by atoms with van der Waals surface area (Å²) in [6, 6.07) is 13.8. The molecule has 1 heterocycles. The summed E-state index contributed by atoms with van der Waals surface area (Å²) in [5.41, 5.74) is 1.29. The summed E-state index contributed by atoms with van der Waals surface area (Å²) in [6.07, 6.45) is 0. The van der Waals surface area contributed by atoms with Gasteiger partial charge in [-0.05, 0) is 43.3 Å². The molecule has 0 aliphatic carbocycles. The van der Waals surface area contributed by atoms with Gasteiger partial charge in [0.15, 0.2) is 0 Å². The van der Waals surface area contributed by atoms with E-state index in [1.807, 2.05) is 24.3 Å². The molecule has 8 heteroatoms. The highest BCUT2D eigenvalue weighted by molar-refractivity contribution is 7.18. The molecule has 138 valence electrons. The molecule has 0 radical (unpaired) electrons. The van der Waals surface area contributed by atoms with Crippen molar-refractivity contribution >= 4 is 28.3 Å². The van der Waals surface area contributed by atoms with E-state index in [1.165, 1.54) is 11.3 Å². The first kappa shape index (κ1) is 18.5. The van der Waals surface area contributed by atoms with E-state index in [2.05, 4.69) is 15.5 Å². The number of ether oxygens (including phenoxy) is 2. The Morgan fingerprint density at radius 2 is 1.74 bits per heavy atom. The fourth-order valence-corrected chi connectivity index (χ4v) is 3.10. The summed E-state index contributed by atoms with van der Waals surface area (Å²) in [4.78, 5) is 24.6. The number of methoxy groups -OCH3 is 1. The molecule has 1 amide bonds. The summed E-state index contributed by atoms with van der Waals surface area (Å²) in [5, 5.41) is 11.8. The number of hydrogen-bond donors (Lipinski definition) is 1. The summed E-state index contributed by atoms with van der Waals surface area (Å²) in [5.74, 6) is -0.247. The number of carbonyl (C=O) groups excluding carboxylic acids is 2. The highest BCUT2D eigenvalue weighted by atomic mass is 32.1. The van der Waals surface area contributed by atoms with E-state index in [9.17, 15) is 9.59 Å². The van der Waals surface area contributed by atoms with E-state index in [4.69, 9.17) is 9.47 Å². The number of anilines is 1. The number of benzene rings is 2. The first-order chi connectivity index (χ1) is 13.1. The van der Waals surface area contributed by atoms with Crippen molar-refractivity contribution in [3.05, 3.63) is 59.7 Å². The molecule has 0 aliphatic rings. The van der Waals surface area contributed by atoms with Gasteiger partial charge in [0.25, 0.3) is 5.91 Å². The number of esters is 1. The Bertz CT molecular complexity index is 954. The predicted molar refractivity (Wildman–Crippen MR) is 102 cm³/mol. The number of rotatable bonds is 6. The number of amides is 1. The molecule has 3 aromatic rings. The van der Waals surface area contributed by atoms with Gasteiger partial charge >= 0.3 is 5.97 Å². The second-order valence-electron chi connectivity index (χ2n) is 5.36. The molecule has 1 aromatic heterocycles. The summed E-state index contributed by atoms with van der Waals surface area (Å²) in [7, 11) is 1.60. The Hall–Kier alpha value is -3.26. The van der Waals surface area contributed by atoms with Crippen LogP contribution in [-0.2, 0) is 4.74 Å². The lowest BCUT2D eigenvalue weighted by Crippen LogP contribution is -2.17. The van der Waals surface area contributed by atoms with Crippen molar-refractivity contribution in [2.45, 2.75) is 6.92 Å². The van der Waals surface area contributed by atoms with Crippen LogP contribution in [0.4, 0.5) is 5.13 Å². The Morgan fingerprint density at radius 3 is 2.41 bits per heavy atom. The maximum absolute atomic E-state index is 12.6. The first-order valence-corrected chi connectivity index (χ1v) is 8.99. The molecule has 0 saturated heterocycles.